The SMILES string of the molecule is COC(=O)[C@@]1(N)C[C@H]1CC(F)F.COc1ccc2c(O[C@@H]3C[C@@H](C(=O)N[C@]4(C(=O)NS(=O)(=O)OC5(C)CC5)C[C@H]4CC(F)F)N(C(=O)[C@@H](NC(=O)OC(C)(C)C)C(C)(C)C)C3)nccc2c1. The third-order valence-electron chi connectivity index (χ3n) is 11.8. The topological polar surface area (TPSA) is 244 Å². The monoisotopic (exact) mass is 960 g/mol. The summed E-state index contributed by atoms with van der Waals surface area (Å²) in [6.45, 7) is 11.5. The van der Waals surface area contributed by atoms with Gasteiger partial charge in [-0.1, -0.05) is 20.8 Å². The minimum atomic E-state index is -4.66. The average Bonchev–Trinajstić information content (AvgIpc) is 4.14. The fourth-order valence-electron chi connectivity index (χ4n) is 7.79. The lowest BCUT2D eigenvalue weighted by molar-refractivity contribution is -0.144. The Kier molecular flexibility index (Phi) is 15.2. The molecule has 0 radical (unpaired) electrons. The molecule has 3 saturated carbocycles. The van der Waals surface area contributed by atoms with E-state index in [9.17, 15) is 50.0 Å². The third kappa shape index (κ3) is 12.9. The van der Waals surface area contributed by atoms with Crippen LogP contribution in [-0.4, -0.2) is 122 Å². The number of ether oxygens (including phenoxy) is 4. The summed E-state index contributed by atoms with van der Waals surface area (Å²) in [5.74, 6) is -4.13. The van der Waals surface area contributed by atoms with Crippen LogP contribution in [0, 0.1) is 17.3 Å². The number of esters is 1. The molecule has 7 atom stereocenters. The van der Waals surface area contributed by atoms with Crippen molar-refractivity contribution in [1.29, 1.82) is 0 Å². The van der Waals surface area contributed by atoms with E-state index in [1.165, 1.54) is 25.3 Å². The summed E-state index contributed by atoms with van der Waals surface area (Å²) in [5, 5.41) is 6.53. The number of hydrogen-bond donors (Lipinski definition) is 4. The number of methoxy groups -OCH3 is 2. The van der Waals surface area contributed by atoms with Crippen LogP contribution in [0.25, 0.3) is 10.8 Å². The van der Waals surface area contributed by atoms with E-state index in [0.29, 0.717) is 30.4 Å². The van der Waals surface area contributed by atoms with E-state index in [-0.39, 0.29) is 31.7 Å². The molecule has 5 N–H and O–H groups in total. The highest BCUT2D eigenvalue weighted by Crippen LogP contribution is 2.49. The Labute approximate surface area is 380 Å². The lowest BCUT2D eigenvalue weighted by atomic mass is 9.85. The van der Waals surface area contributed by atoms with E-state index in [1.54, 1.807) is 77.5 Å². The predicted octanol–water partition coefficient (Wildman–Crippen LogP) is 4.52. The predicted molar refractivity (Wildman–Crippen MR) is 228 cm³/mol. The number of nitrogens with two attached hydrogens (primary N) is 1. The number of fused-ring (bicyclic) bond motifs is 1. The summed E-state index contributed by atoms with van der Waals surface area (Å²) in [5.41, 5.74) is -0.462. The Morgan fingerprint density at radius 2 is 1.59 bits per heavy atom. The maximum absolute atomic E-state index is 14.5. The summed E-state index contributed by atoms with van der Waals surface area (Å²) < 4.78 is 105. The van der Waals surface area contributed by atoms with Crippen molar-refractivity contribution in [2.45, 2.75) is 147 Å². The van der Waals surface area contributed by atoms with E-state index in [2.05, 4.69) is 20.4 Å². The van der Waals surface area contributed by atoms with Crippen LogP contribution < -0.4 is 30.6 Å². The quantitative estimate of drug-likeness (QED) is 0.134. The normalized spacial score (nSPS) is 25.8. The van der Waals surface area contributed by atoms with Gasteiger partial charge in [0.15, 0.2) is 0 Å². The van der Waals surface area contributed by atoms with Gasteiger partial charge in [-0.15, -0.1) is 0 Å². The number of likely N-dealkylation sites (tertiary alicyclic amines) is 1. The molecule has 6 rings (SSSR count). The summed E-state index contributed by atoms with van der Waals surface area (Å²) in [6, 6.07) is 4.44. The van der Waals surface area contributed by atoms with Gasteiger partial charge in [-0.05, 0) is 100 Å². The van der Waals surface area contributed by atoms with Gasteiger partial charge in [-0.2, -0.15) is 8.42 Å². The number of carbonyl (C=O) groups is 5. The molecule has 4 aliphatic rings. The number of amides is 4. The average molecular weight is 961 g/mol. The molecule has 2 aromatic rings. The molecule has 3 aliphatic carbocycles. The van der Waals surface area contributed by atoms with Gasteiger partial charge in [-0.25, -0.2) is 36.2 Å². The number of nitrogens with one attached hydrogen (secondary N) is 3. The Hall–Kier alpha value is -5.03. The van der Waals surface area contributed by atoms with Gasteiger partial charge in [0.1, 0.15) is 40.6 Å². The lowest BCUT2D eigenvalue weighted by Gasteiger charge is -2.36. The third-order valence-corrected chi connectivity index (χ3v) is 12.9. The van der Waals surface area contributed by atoms with Gasteiger partial charge in [0.25, 0.3) is 5.91 Å². The highest BCUT2D eigenvalue weighted by atomic mass is 32.2. The van der Waals surface area contributed by atoms with E-state index in [4.69, 9.17) is 24.1 Å². The van der Waals surface area contributed by atoms with Crippen molar-refractivity contribution >= 4 is 50.9 Å². The van der Waals surface area contributed by atoms with Crippen LogP contribution >= 0.6 is 0 Å². The van der Waals surface area contributed by atoms with E-state index < -0.39 is 117 Å². The Morgan fingerprint density at radius 1 is 0.955 bits per heavy atom. The van der Waals surface area contributed by atoms with Crippen molar-refractivity contribution in [3.8, 4) is 11.6 Å². The first-order valence-electron chi connectivity index (χ1n) is 21.4. The molecule has 0 unspecified atom stereocenters. The Morgan fingerprint density at radius 3 is 2.15 bits per heavy atom. The zero-order valence-corrected chi connectivity index (χ0v) is 39.2. The lowest BCUT2D eigenvalue weighted by Crippen LogP contribution is -2.60. The standard InChI is InChI=1S/C36H49F2N5O10S.C7H11F2NO2/c1-33(2,3)27(40-32(47)52-34(4,5)6)30(45)43-19-23(51-29-24-10-9-22(50-8)15-20(24)11-14-39-29)17-25(43)28(44)41-36(18-21(36)16-26(37)38)31(46)42-54(48,49)53-35(7)12-13-35;1-12-6(11)7(10)3-4(7)2-5(8)9/h9-11,14-15,21,23,25-27H,12-13,16-19H2,1-8H3,(H,40,47)(H,41,44)(H,42,46);4-5H,2-3,10H2,1H3/t21-,23-,25+,27-,36-;4-,7-/m11/s1. The second-order valence-electron chi connectivity index (χ2n) is 19.6. The van der Waals surface area contributed by atoms with E-state index in [0.717, 1.165) is 5.39 Å². The summed E-state index contributed by atoms with van der Waals surface area (Å²) in [4.78, 5) is 71.7. The van der Waals surface area contributed by atoms with Crippen molar-refractivity contribution in [1.82, 2.24) is 25.2 Å². The molecule has 4 amide bonds. The van der Waals surface area contributed by atoms with Gasteiger partial charge in [0.05, 0.1) is 26.4 Å². The first kappa shape index (κ1) is 51.9. The van der Waals surface area contributed by atoms with Gasteiger partial charge >= 0.3 is 22.4 Å². The fraction of sp³-hybridized carbons (Fsp3) is 0.674. The van der Waals surface area contributed by atoms with Crippen molar-refractivity contribution in [3.05, 3.63) is 30.5 Å². The zero-order valence-electron chi connectivity index (χ0n) is 38.4. The minimum absolute atomic E-state index is 0.133. The molecule has 4 fully saturated rings. The molecule has 18 nitrogen and oxygen atoms in total. The largest absolute Gasteiger partial charge is 0.497 e. The van der Waals surface area contributed by atoms with Gasteiger partial charge < -0.3 is 40.2 Å². The molecule has 368 valence electrons. The second-order valence-corrected chi connectivity index (χ2v) is 20.9. The van der Waals surface area contributed by atoms with Crippen molar-refractivity contribution in [2.24, 2.45) is 23.0 Å². The number of aromatic nitrogens is 1. The molecule has 1 aliphatic heterocycles. The molecular formula is C43H60F4N6O12S. The van der Waals surface area contributed by atoms with Crippen molar-refractivity contribution in [2.75, 3.05) is 20.8 Å². The van der Waals surface area contributed by atoms with Crippen LogP contribution in [0.1, 0.15) is 93.4 Å². The van der Waals surface area contributed by atoms with E-state index in [1.807, 2.05) is 0 Å². The molecule has 0 bridgehead atoms. The van der Waals surface area contributed by atoms with Crippen LogP contribution in [0.15, 0.2) is 30.5 Å². The van der Waals surface area contributed by atoms with Gasteiger partial charge in [-0.3, -0.25) is 19.2 Å². The zero-order chi connectivity index (χ0) is 49.4. The van der Waals surface area contributed by atoms with Crippen LogP contribution in [0.4, 0.5) is 22.4 Å². The maximum atomic E-state index is 14.5. The number of nitrogens with zero attached hydrogens (tertiary/aromatic N) is 2. The number of halogens is 4. The maximum Gasteiger partial charge on any atom is 0.408 e. The Balaban J connectivity index is 0.000000590. The number of pyridine rings is 1. The molecule has 66 heavy (non-hydrogen) atoms. The molecule has 1 saturated heterocycles. The van der Waals surface area contributed by atoms with Gasteiger partial charge in [0, 0.05) is 30.8 Å². The van der Waals surface area contributed by atoms with Crippen molar-refractivity contribution < 1.29 is 73.1 Å². The summed E-state index contributed by atoms with van der Waals surface area (Å²) >= 11 is 0. The highest BCUT2D eigenvalue weighted by Gasteiger charge is 2.64. The highest BCUT2D eigenvalue weighted by molar-refractivity contribution is 7.85. The van der Waals surface area contributed by atoms with Crippen LogP contribution in [0.3, 0.4) is 0 Å². The number of alkyl halides is 4. The first-order valence-corrected chi connectivity index (χ1v) is 22.8. The minimum Gasteiger partial charge on any atom is -0.497 e. The summed E-state index contributed by atoms with van der Waals surface area (Å²) in [6.07, 6.45) is -5.79. The first-order chi connectivity index (χ1) is 30.4. The van der Waals surface area contributed by atoms with Gasteiger partial charge in [0.2, 0.25) is 30.5 Å². The number of hydrogen-bond acceptors (Lipinski definition) is 14. The van der Waals surface area contributed by atoms with E-state index >= 15 is 0 Å². The smallest absolute Gasteiger partial charge is 0.408 e. The van der Waals surface area contributed by atoms with Crippen LogP contribution in [0.5, 0.6) is 11.6 Å². The van der Waals surface area contributed by atoms with Crippen LogP contribution in [-0.2, 0) is 43.1 Å². The molecule has 1 aromatic heterocycles. The van der Waals surface area contributed by atoms with Crippen LogP contribution in [0.2, 0.25) is 0 Å². The molecule has 23 heteroatoms. The van der Waals surface area contributed by atoms with Crippen molar-refractivity contribution in [3.63, 3.8) is 0 Å². The Bertz CT molecular complexity index is 2270. The number of carbonyl (C=O) groups excluding carboxylic acids is 5. The summed E-state index contributed by atoms with van der Waals surface area (Å²) in [7, 11) is -1.92. The number of rotatable bonds is 16. The number of alkyl carbamates (subject to hydrolysis) is 1. The molecular weight excluding hydrogens is 901 g/mol. The number of benzene rings is 1. The molecule has 1 aromatic carbocycles. The molecule has 2 heterocycles. The second kappa shape index (κ2) is 19.3. The molecule has 0 spiro atoms. The fourth-order valence-corrected chi connectivity index (χ4v) is 8.94.